The standard InChI is InChI=1S/C11H13ClO2/c1-7-4-5-9(10(6-7)14-3)11(13)8(2)12/h4-6,8H,1-3H3. The van der Waals surface area contributed by atoms with Crippen molar-refractivity contribution in [3.63, 3.8) is 0 Å². The van der Waals surface area contributed by atoms with Gasteiger partial charge in [-0.1, -0.05) is 6.07 Å². The summed E-state index contributed by atoms with van der Waals surface area (Å²) >= 11 is 5.73. The number of hydrogen-bond acceptors (Lipinski definition) is 2. The summed E-state index contributed by atoms with van der Waals surface area (Å²) < 4.78 is 5.12. The van der Waals surface area contributed by atoms with Crippen LogP contribution in [0.15, 0.2) is 18.2 Å². The quantitative estimate of drug-likeness (QED) is 0.569. The van der Waals surface area contributed by atoms with Gasteiger partial charge in [0.25, 0.3) is 0 Å². The van der Waals surface area contributed by atoms with E-state index in [0.717, 1.165) is 5.56 Å². The molecule has 1 aromatic rings. The van der Waals surface area contributed by atoms with Crippen LogP contribution in [-0.2, 0) is 0 Å². The first-order valence-corrected chi connectivity index (χ1v) is 4.83. The highest BCUT2D eigenvalue weighted by Crippen LogP contribution is 2.22. The van der Waals surface area contributed by atoms with Crippen molar-refractivity contribution in [1.29, 1.82) is 0 Å². The fourth-order valence-corrected chi connectivity index (χ4v) is 1.33. The third-order valence-corrected chi connectivity index (χ3v) is 2.18. The monoisotopic (exact) mass is 212 g/mol. The maximum atomic E-state index is 11.6. The second kappa shape index (κ2) is 4.47. The van der Waals surface area contributed by atoms with Crippen molar-refractivity contribution in [3.8, 4) is 5.75 Å². The molecule has 0 aromatic heterocycles. The molecule has 0 bridgehead atoms. The number of methoxy groups -OCH3 is 1. The summed E-state index contributed by atoms with van der Waals surface area (Å²) in [5.41, 5.74) is 1.60. The number of alkyl halides is 1. The molecule has 0 heterocycles. The zero-order chi connectivity index (χ0) is 10.7. The van der Waals surface area contributed by atoms with Crippen LogP contribution in [0.3, 0.4) is 0 Å². The van der Waals surface area contributed by atoms with Gasteiger partial charge in [-0.05, 0) is 31.5 Å². The lowest BCUT2D eigenvalue weighted by Crippen LogP contribution is -2.11. The Hall–Kier alpha value is -1.02. The molecule has 0 aliphatic carbocycles. The van der Waals surface area contributed by atoms with Gasteiger partial charge >= 0.3 is 0 Å². The molecule has 1 aromatic carbocycles. The summed E-state index contributed by atoms with van der Waals surface area (Å²) in [7, 11) is 1.55. The van der Waals surface area contributed by atoms with Crippen molar-refractivity contribution >= 4 is 17.4 Å². The molecule has 0 fully saturated rings. The van der Waals surface area contributed by atoms with Gasteiger partial charge in [0.05, 0.1) is 18.1 Å². The Balaban J connectivity index is 3.14. The molecule has 76 valence electrons. The minimum Gasteiger partial charge on any atom is -0.496 e. The van der Waals surface area contributed by atoms with Crippen LogP contribution in [0.5, 0.6) is 5.75 Å². The maximum Gasteiger partial charge on any atom is 0.184 e. The van der Waals surface area contributed by atoms with E-state index in [1.165, 1.54) is 0 Å². The molecular formula is C11H13ClO2. The van der Waals surface area contributed by atoms with Gasteiger partial charge in [0.15, 0.2) is 5.78 Å². The SMILES string of the molecule is COc1cc(C)ccc1C(=O)C(C)Cl. The Labute approximate surface area is 88.8 Å². The minimum atomic E-state index is -0.522. The molecular weight excluding hydrogens is 200 g/mol. The molecule has 2 nitrogen and oxygen atoms in total. The number of benzene rings is 1. The molecule has 1 rings (SSSR count). The van der Waals surface area contributed by atoms with E-state index in [9.17, 15) is 4.79 Å². The lowest BCUT2D eigenvalue weighted by atomic mass is 10.1. The van der Waals surface area contributed by atoms with Crippen LogP contribution < -0.4 is 4.74 Å². The van der Waals surface area contributed by atoms with Crippen LogP contribution >= 0.6 is 11.6 Å². The highest BCUT2D eigenvalue weighted by atomic mass is 35.5. The van der Waals surface area contributed by atoms with Crippen LogP contribution in [0.4, 0.5) is 0 Å². The van der Waals surface area contributed by atoms with E-state index in [1.807, 2.05) is 19.1 Å². The van der Waals surface area contributed by atoms with Crippen LogP contribution in [0.25, 0.3) is 0 Å². The predicted octanol–water partition coefficient (Wildman–Crippen LogP) is 2.81. The number of hydrogen-bond donors (Lipinski definition) is 0. The first-order chi connectivity index (χ1) is 6.56. The number of carbonyl (C=O) groups excluding carboxylic acids is 1. The molecule has 0 aliphatic rings. The average molecular weight is 213 g/mol. The Morgan fingerprint density at radius 1 is 1.50 bits per heavy atom. The van der Waals surface area contributed by atoms with Gasteiger partial charge in [-0.25, -0.2) is 0 Å². The summed E-state index contributed by atoms with van der Waals surface area (Å²) in [4.78, 5) is 11.6. The predicted molar refractivity (Wildman–Crippen MR) is 57.4 cm³/mol. The number of Topliss-reactive ketones (excluding diaryl/α,β-unsaturated/α-hetero) is 1. The van der Waals surface area contributed by atoms with Gasteiger partial charge in [0, 0.05) is 0 Å². The van der Waals surface area contributed by atoms with Crippen molar-refractivity contribution in [1.82, 2.24) is 0 Å². The van der Waals surface area contributed by atoms with E-state index < -0.39 is 5.38 Å². The third kappa shape index (κ3) is 2.26. The number of carbonyl (C=O) groups is 1. The van der Waals surface area contributed by atoms with E-state index in [1.54, 1.807) is 20.1 Å². The molecule has 0 amide bonds. The molecule has 0 aliphatic heterocycles. The van der Waals surface area contributed by atoms with Crippen LogP contribution in [0.2, 0.25) is 0 Å². The number of halogens is 1. The molecule has 0 saturated carbocycles. The van der Waals surface area contributed by atoms with Crippen molar-refractivity contribution < 1.29 is 9.53 Å². The van der Waals surface area contributed by atoms with E-state index in [2.05, 4.69) is 0 Å². The first-order valence-electron chi connectivity index (χ1n) is 4.39. The first kappa shape index (κ1) is 11.1. The molecule has 1 unspecified atom stereocenters. The summed E-state index contributed by atoms with van der Waals surface area (Å²) in [6.45, 7) is 3.60. The van der Waals surface area contributed by atoms with E-state index in [0.29, 0.717) is 11.3 Å². The Bertz CT molecular complexity index is 345. The second-order valence-electron chi connectivity index (χ2n) is 3.18. The molecule has 0 radical (unpaired) electrons. The molecule has 1 atom stereocenters. The summed E-state index contributed by atoms with van der Waals surface area (Å²) in [5.74, 6) is 0.478. The molecule has 0 N–H and O–H groups in total. The third-order valence-electron chi connectivity index (χ3n) is 1.98. The fourth-order valence-electron chi connectivity index (χ4n) is 1.22. The van der Waals surface area contributed by atoms with Gasteiger partial charge in [0.1, 0.15) is 5.75 Å². The summed E-state index contributed by atoms with van der Waals surface area (Å²) in [6.07, 6.45) is 0. The fraction of sp³-hybridized carbons (Fsp3) is 0.364. The summed E-state index contributed by atoms with van der Waals surface area (Å²) in [6, 6.07) is 5.44. The van der Waals surface area contributed by atoms with E-state index >= 15 is 0 Å². The summed E-state index contributed by atoms with van der Waals surface area (Å²) in [5, 5.41) is -0.522. The zero-order valence-electron chi connectivity index (χ0n) is 8.50. The van der Waals surface area contributed by atoms with E-state index in [-0.39, 0.29) is 5.78 Å². The highest BCUT2D eigenvalue weighted by molar-refractivity contribution is 6.33. The Morgan fingerprint density at radius 3 is 2.64 bits per heavy atom. The molecule has 0 saturated heterocycles. The van der Waals surface area contributed by atoms with Gasteiger partial charge in [0.2, 0.25) is 0 Å². The zero-order valence-corrected chi connectivity index (χ0v) is 9.26. The molecule has 0 spiro atoms. The van der Waals surface area contributed by atoms with Crippen LogP contribution in [0.1, 0.15) is 22.8 Å². The van der Waals surface area contributed by atoms with Gasteiger partial charge in [-0.15, -0.1) is 11.6 Å². The minimum absolute atomic E-state index is 0.108. The normalized spacial score (nSPS) is 12.3. The number of aryl methyl sites for hydroxylation is 1. The lowest BCUT2D eigenvalue weighted by molar-refractivity contribution is 0.0989. The van der Waals surface area contributed by atoms with Crippen LogP contribution in [-0.4, -0.2) is 18.3 Å². The van der Waals surface area contributed by atoms with E-state index in [4.69, 9.17) is 16.3 Å². The van der Waals surface area contributed by atoms with Gasteiger partial charge in [-0.2, -0.15) is 0 Å². The molecule has 14 heavy (non-hydrogen) atoms. The number of rotatable bonds is 3. The van der Waals surface area contributed by atoms with Crippen molar-refractivity contribution in [2.24, 2.45) is 0 Å². The average Bonchev–Trinajstić information content (AvgIpc) is 2.16. The largest absolute Gasteiger partial charge is 0.496 e. The van der Waals surface area contributed by atoms with Crippen molar-refractivity contribution in [2.75, 3.05) is 7.11 Å². The second-order valence-corrected chi connectivity index (χ2v) is 3.84. The smallest absolute Gasteiger partial charge is 0.184 e. The van der Waals surface area contributed by atoms with Crippen LogP contribution in [0, 0.1) is 6.92 Å². The molecule has 3 heteroatoms. The maximum absolute atomic E-state index is 11.6. The Morgan fingerprint density at radius 2 is 2.14 bits per heavy atom. The van der Waals surface area contributed by atoms with Crippen molar-refractivity contribution in [3.05, 3.63) is 29.3 Å². The Kier molecular flexibility index (Phi) is 3.53. The number of ether oxygens (including phenoxy) is 1. The highest BCUT2D eigenvalue weighted by Gasteiger charge is 2.16. The van der Waals surface area contributed by atoms with Crippen molar-refractivity contribution in [2.45, 2.75) is 19.2 Å². The lowest BCUT2D eigenvalue weighted by Gasteiger charge is -2.09. The number of ketones is 1. The van der Waals surface area contributed by atoms with Gasteiger partial charge in [-0.3, -0.25) is 4.79 Å². The topological polar surface area (TPSA) is 26.3 Å². The van der Waals surface area contributed by atoms with Gasteiger partial charge < -0.3 is 4.74 Å².